The molecule has 1 amide bonds. The van der Waals surface area contributed by atoms with E-state index in [1.54, 1.807) is 30.5 Å². The molecule has 0 spiro atoms. The van der Waals surface area contributed by atoms with Crippen molar-refractivity contribution >= 4 is 45.2 Å². The Labute approximate surface area is 94.3 Å². The van der Waals surface area contributed by atoms with Crippen molar-refractivity contribution in [3.63, 3.8) is 0 Å². The first-order valence-corrected chi connectivity index (χ1v) is 6.50. The Bertz CT molecular complexity index is 320. The van der Waals surface area contributed by atoms with E-state index in [0.29, 0.717) is 10.7 Å². The highest BCUT2D eigenvalue weighted by Crippen LogP contribution is 2.31. The van der Waals surface area contributed by atoms with E-state index < -0.39 is 6.16 Å². The predicted octanol–water partition coefficient (Wildman–Crippen LogP) is 4.16. The molecule has 0 unspecified atom stereocenters. The van der Waals surface area contributed by atoms with Crippen LogP contribution in [-0.4, -0.2) is 12.4 Å². The summed E-state index contributed by atoms with van der Waals surface area (Å²) in [6.07, 6.45) is 0.267. The lowest BCUT2D eigenvalue weighted by atomic mass is 10.3. The summed E-state index contributed by atoms with van der Waals surface area (Å²) < 4.78 is 13.5. The molecule has 0 aliphatic rings. The maximum absolute atomic E-state index is 12.6. The monoisotopic (exact) mass is 251 g/mol. The first kappa shape index (κ1) is 11.7. The molecule has 1 aromatic rings. The third-order valence-electron chi connectivity index (χ3n) is 1.37. The highest BCUT2D eigenvalue weighted by molar-refractivity contribution is 8.77. The third kappa shape index (κ3) is 3.08. The number of amides is 1. The molecule has 0 radical (unpaired) electrons. The Kier molecular flexibility index (Phi) is 4.57. The molecule has 0 fully saturated rings. The van der Waals surface area contributed by atoms with Gasteiger partial charge < -0.3 is 0 Å². The van der Waals surface area contributed by atoms with Crippen molar-refractivity contribution in [2.24, 2.45) is 0 Å². The van der Waals surface area contributed by atoms with Crippen molar-refractivity contribution in [2.75, 3.05) is 10.6 Å². The number of rotatable bonds is 3. The van der Waals surface area contributed by atoms with Crippen LogP contribution in [0, 0.1) is 0 Å². The standard InChI is InChI=1S/C8H7ClFNOS2/c1-13-14-11(8(10)12)7-4-2-6(9)3-5-7/h2-5H,1H3. The summed E-state index contributed by atoms with van der Waals surface area (Å²) >= 11 is 5.66. The number of halogens is 2. The summed E-state index contributed by atoms with van der Waals surface area (Å²) in [7, 11) is 2.31. The van der Waals surface area contributed by atoms with Gasteiger partial charge in [-0.1, -0.05) is 22.4 Å². The van der Waals surface area contributed by atoms with Gasteiger partial charge in [0.05, 0.1) is 5.69 Å². The second-order valence-corrected chi connectivity index (χ2v) is 5.00. The van der Waals surface area contributed by atoms with E-state index in [0.717, 1.165) is 15.3 Å². The van der Waals surface area contributed by atoms with Crippen molar-refractivity contribution in [1.82, 2.24) is 0 Å². The normalized spacial score (nSPS) is 9.93. The maximum Gasteiger partial charge on any atom is 0.415 e. The summed E-state index contributed by atoms with van der Waals surface area (Å²) in [6, 6.07) is 6.38. The minimum absolute atomic E-state index is 0.473. The Morgan fingerprint density at radius 3 is 2.43 bits per heavy atom. The molecule has 0 saturated heterocycles. The summed E-state index contributed by atoms with van der Waals surface area (Å²) in [6.45, 7) is 0. The highest BCUT2D eigenvalue weighted by atomic mass is 35.5. The van der Waals surface area contributed by atoms with Gasteiger partial charge in [-0.25, -0.2) is 9.10 Å². The maximum atomic E-state index is 12.6. The second kappa shape index (κ2) is 5.48. The minimum atomic E-state index is -1.49. The number of anilines is 1. The zero-order valence-corrected chi connectivity index (χ0v) is 9.63. The van der Waals surface area contributed by atoms with Gasteiger partial charge in [0, 0.05) is 16.0 Å². The zero-order valence-electron chi connectivity index (χ0n) is 7.24. The molecular weight excluding hydrogens is 245 g/mol. The summed E-state index contributed by atoms with van der Waals surface area (Å²) in [5.74, 6) is 0. The Morgan fingerprint density at radius 1 is 1.43 bits per heavy atom. The van der Waals surface area contributed by atoms with Gasteiger partial charge in [0.15, 0.2) is 0 Å². The summed E-state index contributed by atoms with van der Waals surface area (Å²) in [4.78, 5) is 10.6. The van der Waals surface area contributed by atoms with E-state index in [9.17, 15) is 9.18 Å². The molecule has 0 N–H and O–H groups in total. The average molecular weight is 252 g/mol. The van der Waals surface area contributed by atoms with Crippen LogP contribution >= 0.6 is 33.4 Å². The molecule has 6 heteroatoms. The molecule has 14 heavy (non-hydrogen) atoms. The first-order chi connectivity index (χ1) is 6.65. The fraction of sp³-hybridized carbons (Fsp3) is 0.125. The van der Waals surface area contributed by atoms with E-state index in [2.05, 4.69) is 0 Å². The first-order valence-electron chi connectivity index (χ1n) is 3.61. The molecule has 0 heterocycles. The molecule has 2 nitrogen and oxygen atoms in total. The molecule has 76 valence electrons. The average Bonchev–Trinajstić information content (AvgIpc) is 2.15. The fourth-order valence-corrected chi connectivity index (χ4v) is 2.25. The quantitative estimate of drug-likeness (QED) is 0.348. The van der Waals surface area contributed by atoms with Gasteiger partial charge in [-0.05, 0) is 30.5 Å². The van der Waals surface area contributed by atoms with E-state index in [1.165, 1.54) is 10.8 Å². The number of carbonyl (C=O) groups is 1. The van der Waals surface area contributed by atoms with Crippen molar-refractivity contribution in [2.45, 2.75) is 0 Å². The van der Waals surface area contributed by atoms with Gasteiger partial charge in [0.25, 0.3) is 0 Å². The summed E-state index contributed by atoms with van der Waals surface area (Å²) in [5.41, 5.74) is 0.473. The molecule has 0 aliphatic heterocycles. The van der Waals surface area contributed by atoms with Crippen LogP contribution in [0.4, 0.5) is 14.9 Å². The van der Waals surface area contributed by atoms with Gasteiger partial charge in [-0.15, -0.1) is 4.39 Å². The Hall–Kier alpha value is -0.390. The van der Waals surface area contributed by atoms with E-state index in [1.807, 2.05) is 0 Å². The van der Waals surface area contributed by atoms with E-state index in [-0.39, 0.29) is 0 Å². The van der Waals surface area contributed by atoms with Crippen LogP contribution in [0.25, 0.3) is 0 Å². The van der Waals surface area contributed by atoms with Crippen molar-refractivity contribution < 1.29 is 9.18 Å². The van der Waals surface area contributed by atoms with Gasteiger partial charge in [-0.2, -0.15) is 0 Å². The minimum Gasteiger partial charge on any atom is -0.233 e. The lowest BCUT2D eigenvalue weighted by Crippen LogP contribution is -2.16. The molecule has 0 saturated carbocycles. The van der Waals surface area contributed by atoms with Crippen LogP contribution in [0.1, 0.15) is 0 Å². The molecule has 1 rings (SSSR count). The number of hydrogen-bond acceptors (Lipinski definition) is 3. The van der Waals surface area contributed by atoms with Crippen LogP contribution < -0.4 is 4.31 Å². The number of benzene rings is 1. The predicted molar refractivity (Wildman–Crippen MR) is 61.5 cm³/mol. The second-order valence-electron chi connectivity index (χ2n) is 2.26. The van der Waals surface area contributed by atoms with Gasteiger partial charge >= 0.3 is 6.16 Å². The number of carbonyl (C=O) groups excluding carboxylic acids is 1. The van der Waals surface area contributed by atoms with Crippen LogP contribution in [0.15, 0.2) is 24.3 Å². The third-order valence-corrected chi connectivity index (χ3v) is 3.17. The Balaban J connectivity index is 2.87. The molecule has 1 aromatic carbocycles. The smallest absolute Gasteiger partial charge is 0.233 e. The van der Waals surface area contributed by atoms with Crippen molar-refractivity contribution in [3.8, 4) is 0 Å². The largest absolute Gasteiger partial charge is 0.415 e. The molecular formula is C8H7ClFNOS2. The number of hydrogen-bond donors (Lipinski definition) is 0. The topological polar surface area (TPSA) is 20.3 Å². The lowest BCUT2D eigenvalue weighted by Gasteiger charge is -2.14. The summed E-state index contributed by atoms with van der Waals surface area (Å²) in [5, 5.41) is 0.550. The molecule has 0 aliphatic carbocycles. The molecule has 0 aromatic heterocycles. The van der Waals surface area contributed by atoms with Gasteiger partial charge in [0.2, 0.25) is 0 Å². The zero-order chi connectivity index (χ0) is 10.6. The molecule has 0 bridgehead atoms. The fourth-order valence-electron chi connectivity index (χ4n) is 0.825. The van der Waals surface area contributed by atoms with Crippen LogP contribution in [0.2, 0.25) is 5.02 Å². The highest BCUT2D eigenvalue weighted by Gasteiger charge is 2.15. The Morgan fingerprint density at radius 2 is 2.00 bits per heavy atom. The van der Waals surface area contributed by atoms with Crippen LogP contribution in [0.5, 0.6) is 0 Å². The van der Waals surface area contributed by atoms with Crippen LogP contribution in [0.3, 0.4) is 0 Å². The lowest BCUT2D eigenvalue weighted by molar-refractivity contribution is 0.232. The SMILES string of the molecule is CSSN(C(=O)F)c1ccc(Cl)cc1. The number of nitrogens with zero attached hydrogens (tertiary/aromatic N) is 1. The van der Waals surface area contributed by atoms with Gasteiger partial charge in [0.1, 0.15) is 0 Å². The van der Waals surface area contributed by atoms with E-state index >= 15 is 0 Å². The van der Waals surface area contributed by atoms with Gasteiger partial charge in [-0.3, -0.25) is 0 Å². The van der Waals surface area contributed by atoms with E-state index in [4.69, 9.17) is 11.6 Å². The van der Waals surface area contributed by atoms with Crippen LogP contribution in [-0.2, 0) is 0 Å². The molecule has 0 atom stereocenters. The van der Waals surface area contributed by atoms with Crippen molar-refractivity contribution in [1.29, 1.82) is 0 Å². The van der Waals surface area contributed by atoms with Crippen molar-refractivity contribution in [3.05, 3.63) is 29.3 Å².